The lowest BCUT2D eigenvalue weighted by molar-refractivity contribution is 0.296. The molecule has 19 heavy (non-hydrogen) atoms. The van der Waals surface area contributed by atoms with Gasteiger partial charge in [-0.05, 0) is 36.7 Å². The maximum atomic E-state index is 6.35. The van der Waals surface area contributed by atoms with Crippen LogP contribution in [-0.2, 0) is 0 Å². The molecular weight excluding hydrogens is 250 g/mol. The van der Waals surface area contributed by atoms with Crippen molar-refractivity contribution in [3.05, 3.63) is 12.2 Å². The summed E-state index contributed by atoms with van der Waals surface area (Å²) >= 11 is 1.88. The van der Waals surface area contributed by atoms with E-state index in [-0.39, 0.29) is 11.5 Å². The average molecular weight is 286 g/mol. The Labute approximate surface area is 125 Å². The molecule has 0 heterocycles. The fourth-order valence-electron chi connectivity index (χ4n) is 2.64. The maximum Gasteiger partial charge on any atom is 0.0264 e. The van der Waals surface area contributed by atoms with Gasteiger partial charge in [0.1, 0.15) is 0 Å². The Bertz CT molecular complexity index is 239. The lowest BCUT2D eigenvalue weighted by atomic mass is 9.71. The lowest BCUT2D eigenvalue weighted by Crippen LogP contribution is -2.33. The van der Waals surface area contributed by atoms with Gasteiger partial charge in [0.15, 0.2) is 0 Å². The summed E-state index contributed by atoms with van der Waals surface area (Å²) in [5.74, 6) is 1.14. The molecular formula is C17H35NS. The zero-order valence-corrected chi connectivity index (χ0v) is 14.5. The largest absolute Gasteiger partial charge is 0.324 e. The van der Waals surface area contributed by atoms with Crippen LogP contribution in [-0.4, -0.2) is 18.1 Å². The van der Waals surface area contributed by atoms with Gasteiger partial charge in [-0.1, -0.05) is 65.0 Å². The predicted octanol–water partition coefficient (Wildman–Crippen LogP) is 5.40. The van der Waals surface area contributed by atoms with E-state index < -0.39 is 0 Å². The highest BCUT2D eigenvalue weighted by Crippen LogP contribution is 2.39. The molecule has 0 aliphatic heterocycles. The minimum Gasteiger partial charge on any atom is -0.324 e. The van der Waals surface area contributed by atoms with Crippen molar-refractivity contribution in [1.82, 2.24) is 0 Å². The van der Waals surface area contributed by atoms with E-state index in [0.717, 1.165) is 12.2 Å². The Hall–Kier alpha value is 0.0500. The molecule has 0 aromatic heterocycles. The second-order valence-electron chi connectivity index (χ2n) is 6.03. The number of rotatable bonds is 12. The molecule has 0 saturated carbocycles. The molecule has 2 heteroatoms. The van der Waals surface area contributed by atoms with Crippen LogP contribution < -0.4 is 5.73 Å². The van der Waals surface area contributed by atoms with E-state index in [2.05, 4.69) is 33.6 Å². The standard InChI is InChI=1S/C17H35NS/c1-6-8-10-13-17(4,12-9-7-2)15(3)16(18)11-14-19-5/h16H,3,6-14,18H2,1-2,4-5H3/t16-,17-/m0/s1. The van der Waals surface area contributed by atoms with Gasteiger partial charge in [0.25, 0.3) is 0 Å². The second kappa shape index (κ2) is 10.8. The molecule has 0 radical (unpaired) electrons. The summed E-state index contributed by atoms with van der Waals surface area (Å²) in [5, 5.41) is 0. The third-order valence-electron chi connectivity index (χ3n) is 4.27. The molecule has 0 unspecified atom stereocenters. The van der Waals surface area contributed by atoms with E-state index in [1.165, 1.54) is 50.5 Å². The third kappa shape index (κ3) is 7.41. The summed E-state index contributed by atoms with van der Waals surface area (Å²) in [6.45, 7) is 11.3. The third-order valence-corrected chi connectivity index (χ3v) is 4.91. The smallest absolute Gasteiger partial charge is 0.0264 e. The van der Waals surface area contributed by atoms with Crippen molar-refractivity contribution in [2.75, 3.05) is 12.0 Å². The Morgan fingerprint density at radius 3 is 2.26 bits per heavy atom. The first-order valence-electron chi connectivity index (χ1n) is 7.95. The Morgan fingerprint density at radius 2 is 1.74 bits per heavy atom. The minimum atomic E-state index is 0.177. The number of nitrogens with two attached hydrogens (primary N) is 1. The molecule has 0 amide bonds. The van der Waals surface area contributed by atoms with E-state index in [1.54, 1.807) is 0 Å². The van der Waals surface area contributed by atoms with Gasteiger partial charge in [-0.2, -0.15) is 11.8 Å². The topological polar surface area (TPSA) is 26.0 Å². The Balaban J connectivity index is 4.55. The van der Waals surface area contributed by atoms with Crippen LogP contribution in [0.1, 0.15) is 72.1 Å². The van der Waals surface area contributed by atoms with Crippen LogP contribution in [0.2, 0.25) is 0 Å². The molecule has 0 spiro atoms. The average Bonchev–Trinajstić information content (AvgIpc) is 2.42. The van der Waals surface area contributed by atoms with Crippen molar-refractivity contribution in [3.63, 3.8) is 0 Å². The van der Waals surface area contributed by atoms with Gasteiger partial charge in [-0.15, -0.1) is 0 Å². The van der Waals surface area contributed by atoms with Gasteiger partial charge in [0.2, 0.25) is 0 Å². The first-order chi connectivity index (χ1) is 9.01. The minimum absolute atomic E-state index is 0.177. The monoisotopic (exact) mass is 285 g/mol. The van der Waals surface area contributed by atoms with Gasteiger partial charge >= 0.3 is 0 Å². The van der Waals surface area contributed by atoms with Gasteiger partial charge in [0, 0.05) is 6.04 Å². The number of hydrogen-bond donors (Lipinski definition) is 1. The zero-order chi connectivity index (χ0) is 14.7. The van der Waals surface area contributed by atoms with Crippen molar-refractivity contribution in [3.8, 4) is 0 Å². The lowest BCUT2D eigenvalue weighted by Gasteiger charge is -2.35. The fraction of sp³-hybridized carbons (Fsp3) is 0.882. The summed E-state index contributed by atoms with van der Waals surface area (Å²) < 4.78 is 0. The van der Waals surface area contributed by atoms with Crippen LogP contribution in [0.3, 0.4) is 0 Å². The Morgan fingerprint density at radius 1 is 1.16 bits per heavy atom. The number of unbranched alkanes of at least 4 members (excludes halogenated alkanes) is 3. The van der Waals surface area contributed by atoms with Crippen molar-refractivity contribution in [2.45, 2.75) is 78.2 Å². The van der Waals surface area contributed by atoms with Crippen LogP contribution >= 0.6 is 11.8 Å². The van der Waals surface area contributed by atoms with Gasteiger partial charge < -0.3 is 5.73 Å². The van der Waals surface area contributed by atoms with Crippen molar-refractivity contribution >= 4 is 11.8 Å². The van der Waals surface area contributed by atoms with Crippen molar-refractivity contribution in [2.24, 2.45) is 11.1 Å². The van der Waals surface area contributed by atoms with Crippen LogP contribution in [0, 0.1) is 5.41 Å². The van der Waals surface area contributed by atoms with Crippen molar-refractivity contribution < 1.29 is 0 Å². The van der Waals surface area contributed by atoms with Crippen molar-refractivity contribution in [1.29, 1.82) is 0 Å². The summed E-state index contributed by atoms with van der Waals surface area (Å²) in [6.07, 6.45) is 12.2. The van der Waals surface area contributed by atoms with Crippen LogP contribution in [0.4, 0.5) is 0 Å². The molecule has 0 bridgehead atoms. The SMILES string of the molecule is C=C([C@@H](N)CCSC)[C@@](C)(CCCC)CCCCC. The van der Waals surface area contributed by atoms with Gasteiger partial charge in [0.05, 0.1) is 0 Å². The molecule has 114 valence electrons. The van der Waals surface area contributed by atoms with E-state index in [0.29, 0.717) is 0 Å². The molecule has 0 fully saturated rings. The molecule has 1 nitrogen and oxygen atoms in total. The molecule has 0 aliphatic rings. The highest BCUT2D eigenvalue weighted by atomic mass is 32.2. The van der Waals surface area contributed by atoms with Gasteiger partial charge in [-0.25, -0.2) is 0 Å². The maximum absolute atomic E-state index is 6.35. The molecule has 0 rings (SSSR count). The molecule has 2 atom stereocenters. The van der Waals surface area contributed by atoms with Crippen LogP contribution in [0.15, 0.2) is 12.2 Å². The van der Waals surface area contributed by atoms with Crippen LogP contribution in [0.25, 0.3) is 0 Å². The van der Waals surface area contributed by atoms with E-state index in [1.807, 2.05) is 11.8 Å². The zero-order valence-electron chi connectivity index (χ0n) is 13.6. The van der Waals surface area contributed by atoms with E-state index in [4.69, 9.17) is 5.73 Å². The summed E-state index contributed by atoms with van der Waals surface area (Å²) in [5.41, 5.74) is 7.90. The highest BCUT2D eigenvalue weighted by Gasteiger charge is 2.29. The summed E-state index contributed by atoms with van der Waals surface area (Å²) in [7, 11) is 0. The molecule has 0 aliphatic carbocycles. The molecule has 0 aromatic rings. The molecule has 2 N–H and O–H groups in total. The Kier molecular flexibility index (Phi) is 10.8. The number of hydrogen-bond acceptors (Lipinski definition) is 2. The highest BCUT2D eigenvalue weighted by molar-refractivity contribution is 7.98. The summed E-state index contributed by atoms with van der Waals surface area (Å²) in [4.78, 5) is 0. The second-order valence-corrected chi connectivity index (χ2v) is 7.02. The predicted molar refractivity (Wildman–Crippen MR) is 91.9 cm³/mol. The molecule has 0 saturated heterocycles. The number of thioether (sulfide) groups is 1. The summed E-state index contributed by atoms with van der Waals surface area (Å²) in [6, 6.07) is 0.177. The van der Waals surface area contributed by atoms with E-state index in [9.17, 15) is 0 Å². The first-order valence-corrected chi connectivity index (χ1v) is 9.35. The molecule has 0 aromatic carbocycles. The quantitative estimate of drug-likeness (QED) is 0.384. The fourth-order valence-corrected chi connectivity index (χ4v) is 3.13. The van der Waals surface area contributed by atoms with Gasteiger partial charge in [-0.3, -0.25) is 0 Å². The van der Waals surface area contributed by atoms with E-state index >= 15 is 0 Å². The first kappa shape index (κ1) is 19.1. The normalized spacial score (nSPS) is 16.1. The van der Waals surface area contributed by atoms with Crippen LogP contribution in [0.5, 0.6) is 0 Å².